The van der Waals surface area contributed by atoms with E-state index in [1.807, 2.05) is 12.1 Å². The van der Waals surface area contributed by atoms with Crippen LogP contribution in [0.5, 0.6) is 0 Å². The highest BCUT2D eigenvalue weighted by molar-refractivity contribution is 5.94. The normalized spacial score (nSPS) is 10.7. The first-order valence-corrected chi connectivity index (χ1v) is 5.74. The second-order valence-corrected chi connectivity index (χ2v) is 3.78. The van der Waals surface area contributed by atoms with Crippen LogP contribution in [0.2, 0.25) is 0 Å². The summed E-state index contributed by atoms with van der Waals surface area (Å²) in [5, 5.41) is 11.5. The van der Waals surface area contributed by atoms with Gasteiger partial charge in [0.2, 0.25) is 0 Å². The lowest BCUT2D eigenvalue weighted by atomic mass is 10.1. The number of benzene rings is 1. The molecule has 18 heavy (non-hydrogen) atoms. The predicted molar refractivity (Wildman–Crippen MR) is 67.4 cm³/mol. The minimum absolute atomic E-state index is 0.106. The minimum atomic E-state index is -0.442. The fourth-order valence-corrected chi connectivity index (χ4v) is 1.49. The summed E-state index contributed by atoms with van der Waals surface area (Å²) in [5.41, 5.74) is 1.57. The van der Waals surface area contributed by atoms with E-state index >= 15 is 0 Å². The number of amides is 1. The van der Waals surface area contributed by atoms with E-state index in [4.69, 9.17) is 14.6 Å². The maximum absolute atomic E-state index is 11.8. The van der Waals surface area contributed by atoms with Crippen LogP contribution in [0, 0.1) is 0 Å². The van der Waals surface area contributed by atoms with Crippen LogP contribution in [0.1, 0.15) is 15.9 Å². The molecule has 0 heterocycles. The van der Waals surface area contributed by atoms with Gasteiger partial charge in [-0.05, 0) is 24.1 Å². The number of rotatable bonds is 7. The monoisotopic (exact) mass is 253 g/mol. The molecule has 0 aromatic heterocycles. The van der Waals surface area contributed by atoms with Crippen molar-refractivity contribution in [2.75, 3.05) is 27.4 Å². The van der Waals surface area contributed by atoms with Gasteiger partial charge in [-0.1, -0.05) is 12.1 Å². The Bertz CT molecular complexity index is 360. The zero-order valence-corrected chi connectivity index (χ0v) is 10.7. The number of hydrogen-bond donors (Lipinski definition) is 2. The molecule has 1 rings (SSSR count). The number of aliphatic hydroxyl groups is 1. The largest absolute Gasteiger partial charge is 0.396 e. The van der Waals surface area contributed by atoms with Crippen molar-refractivity contribution in [3.63, 3.8) is 0 Å². The lowest BCUT2D eigenvalue weighted by Gasteiger charge is -2.14. The molecule has 2 N–H and O–H groups in total. The summed E-state index contributed by atoms with van der Waals surface area (Å²) < 4.78 is 9.94. The number of ether oxygens (including phenoxy) is 2. The average Bonchev–Trinajstić information content (AvgIpc) is 2.41. The molecule has 100 valence electrons. The summed E-state index contributed by atoms with van der Waals surface area (Å²) in [6, 6.07) is 7.12. The Morgan fingerprint density at radius 1 is 1.28 bits per heavy atom. The second-order valence-electron chi connectivity index (χ2n) is 3.78. The Morgan fingerprint density at radius 3 is 2.39 bits per heavy atom. The molecule has 0 bridgehead atoms. The molecule has 1 amide bonds. The zero-order chi connectivity index (χ0) is 13.4. The summed E-state index contributed by atoms with van der Waals surface area (Å²) >= 11 is 0. The Hall–Kier alpha value is -1.43. The van der Waals surface area contributed by atoms with Crippen LogP contribution in [0.3, 0.4) is 0 Å². The topological polar surface area (TPSA) is 67.8 Å². The number of nitrogens with one attached hydrogen (secondary N) is 1. The average molecular weight is 253 g/mol. The third kappa shape index (κ3) is 4.44. The van der Waals surface area contributed by atoms with Gasteiger partial charge in [0.1, 0.15) is 0 Å². The van der Waals surface area contributed by atoms with Crippen molar-refractivity contribution in [3.8, 4) is 0 Å². The zero-order valence-electron chi connectivity index (χ0n) is 10.7. The van der Waals surface area contributed by atoms with Crippen molar-refractivity contribution in [1.29, 1.82) is 0 Å². The maximum atomic E-state index is 11.8. The lowest BCUT2D eigenvalue weighted by Crippen LogP contribution is -2.34. The third-order valence-corrected chi connectivity index (χ3v) is 2.57. The number of carbonyl (C=O) groups excluding carboxylic acids is 1. The van der Waals surface area contributed by atoms with E-state index in [1.165, 1.54) is 14.2 Å². The van der Waals surface area contributed by atoms with E-state index in [-0.39, 0.29) is 12.5 Å². The minimum Gasteiger partial charge on any atom is -0.396 e. The van der Waals surface area contributed by atoms with E-state index in [2.05, 4.69) is 5.32 Å². The number of methoxy groups -OCH3 is 2. The van der Waals surface area contributed by atoms with E-state index in [1.54, 1.807) is 12.1 Å². The Balaban J connectivity index is 2.51. The number of aliphatic hydroxyl groups excluding tert-OH is 1. The van der Waals surface area contributed by atoms with Crippen LogP contribution in [0.4, 0.5) is 0 Å². The Labute approximate surface area is 107 Å². The van der Waals surface area contributed by atoms with Crippen LogP contribution < -0.4 is 5.32 Å². The van der Waals surface area contributed by atoms with Gasteiger partial charge in [-0.25, -0.2) is 0 Å². The molecule has 0 unspecified atom stereocenters. The molecule has 0 radical (unpaired) electrons. The first kappa shape index (κ1) is 14.6. The maximum Gasteiger partial charge on any atom is 0.251 e. The molecular formula is C13H19NO4. The molecule has 0 fully saturated rings. The lowest BCUT2D eigenvalue weighted by molar-refractivity contribution is -0.0974. The van der Waals surface area contributed by atoms with Gasteiger partial charge in [0.25, 0.3) is 5.91 Å². The summed E-state index contributed by atoms with van der Waals surface area (Å²) in [6.07, 6.45) is 0.153. The van der Waals surface area contributed by atoms with E-state index in [9.17, 15) is 4.79 Å². The van der Waals surface area contributed by atoms with Gasteiger partial charge >= 0.3 is 0 Å². The first-order chi connectivity index (χ1) is 8.71. The summed E-state index contributed by atoms with van der Waals surface area (Å²) in [6.45, 7) is 0.402. The fourth-order valence-electron chi connectivity index (χ4n) is 1.49. The summed E-state index contributed by atoms with van der Waals surface area (Å²) in [5.74, 6) is -0.176. The van der Waals surface area contributed by atoms with Gasteiger partial charge < -0.3 is 19.9 Å². The van der Waals surface area contributed by atoms with E-state index in [0.717, 1.165) is 5.56 Å². The van der Waals surface area contributed by atoms with Gasteiger partial charge in [0.15, 0.2) is 6.29 Å². The quantitative estimate of drug-likeness (QED) is 0.697. The van der Waals surface area contributed by atoms with E-state index in [0.29, 0.717) is 18.5 Å². The van der Waals surface area contributed by atoms with Crippen molar-refractivity contribution in [2.24, 2.45) is 0 Å². The van der Waals surface area contributed by atoms with Crippen LogP contribution in [0.15, 0.2) is 24.3 Å². The highest BCUT2D eigenvalue weighted by atomic mass is 16.7. The van der Waals surface area contributed by atoms with Crippen molar-refractivity contribution >= 4 is 5.91 Å². The molecule has 0 saturated heterocycles. The molecule has 5 heteroatoms. The summed E-state index contributed by atoms with van der Waals surface area (Å²) in [7, 11) is 3.04. The molecule has 1 aromatic rings. The Morgan fingerprint density at radius 2 is 1.89 bits per heavy atom. The molecule has 0 atom stereocenters. The van der Waals surface area contributed by atoms with Crippen molar-refractivity contribution in [1.82, 2.24) is 5.32 Å². The van der Waals surface area contributed by atoms with Crippen molar-refractivity contribution < 1.29 is 19.4 Å². The highest BCUT2D eigenvalue weighted by Gasteiger charge is 2.09. The molecule has 5 nitrogen and oxygen atoms in total. The van der Waals surface area contributed by atoms with E-state index < -0.39 is 6.29 Å². The van der Waals surface area contributed by atoms with Crippen LogP contribution in [0.25, 0.3) is 0 Å². The fraction of sp³-hybridized carbons (Fsp3) is 0.462. The summed E-state index contributed by atoms with van der Waals surface area (Å²) in [4.78, 5) is 11.8. The van der Waals surface area contributed by atoms with Gasteiger partial charge in [-0.3, -0.25) is 4.79 Å². The smallest absolute Gasteiger partial charge is 0.251 e. The molecule has 0 aliphatic heterocycles. The molecule has 0 aliphatic rings. The molecule has 1 aromatic carbocycles. The van der Waals surface area contributed by atoms with Crippen molar-refractivity contribution in [2.45, 2.75) is 12.7 Å². The van der Waals surface area contributed by atoms with Gasteiger partial charge in [-0.2, -0.15) is 0 Å². The third-order valence-electron chi connectivity index (χ3n) is 2.57. The standard InChI is InChI=1S/C13H19NO4/c1-17-12(18-2)9-14-13(16)11-5-3-10(4-6-11)7-8-15/h3-6,12,15H,7-9H2,1-2H3,(H,14,16). The molecule has 0 aliphatic carbocycles. The van der Waals surface area contributed by atoms with Gasteiger partial charge in [0, 0.05) is 26.4 Å². The predicted octanol–water partition coefficient (Wildman–Crippen LogP) is 0.570. The number of carbonyl (C=O) groups is 1. The SMILES string of the molecule is COC(CNC(=O)c1ccc(CCO)cc1)OC. The van der Waals surface area contributed by atoms with Crippen LogP contribution in [-0.4, -0.2) is 44.7 Å². The molecule has 0 spiro atoms. The second kappa shape index (κ2) is 7.81. The van der Waals surface area contributed by atoms with Crippen LogP contribution in [-0.2, 0) is 15.9 Å². The van der Waals surface area contributed by atoms with Crippen molar-refractivity contribution in [3.05, 3.63) is 35.4 Å². The Kier molecular flexibility index (Phi) is 6.35. The first-order valence-electron chi connectivity index (χ1n) is 5.74. The molecule has 0 saturated carbocycles. The number of hydrogen-bond acceptors (Lipinski definition) is 4. The molecular weight excluding hydrogens is 234 g/mol. The van der Waals surface area contributed by atoms with Crippen LogP contribution >= 0.6 is 0 Å². The van der Waals surface area contributed by atoms with Gasteiger partial charge in [0.05, 0.1) is 6.54 Å². The highest BCUT2D eigenvalue weighted by Crippen LogP contribution is 2.05. The van der Waals surface area contributed by atoms with Gasteiger partial charge in [-0.15, -0.1) is 0 Å².